The van der Waals surface area contributed by atoms with Gasteiger partial charge in [0.05, 0.1) is 5.69 Å². The van der Waals surface area contributed by atoms with E-state index in [1.807, 2.05) is 37.3 Å². The zero-order valence-corrected chi connectivity index (χ0v) is 13.8. The molecule has 2 heterocycles. The SMILES string of the molecule is Cc1cccc2cc(C(O)c3ncc(Br)cc3Br)oc12. The lowest BCUT2D eigenvalue weighted by atomic mass is 10.1. The standard InChI is InChI=1S/C15H11Br2NO2/c1-8-3-2-4-9-5-12(20-15(8)9)14(19)13-11(17)6-10(16)7-18-13/h2-7,14,19H,1H3. The minimum absolute atomic E-state index is 0.491. The monoisotopic (exact) mass is 395 g/mol. The Hall–Kier alpha value is -1.17. The highest BCUT2D eigenvalue weighted by atomic mass is 79.9. The zero-order valence-electron chi connectivity index (χ0n) is 10.6. The Bertz CT molecular complexity index is 783. The van der Waals surface area contributed by atoms with Crippen molar-refractivity contribution in [3.8, 4) is 0 Å². The number of furan rings is 1. The van der Waals surface area contributed by atoms with Crippen LogP contribution in [0, 0.1) is 6.92 Å². The van der Waals surface area contributed by atoms with Crippen molar-refractivity contribution < 1.29 is 9.52 Å². The smallest absolute Gasteiger partial charge is 0.155 e. The van der Waals surface area contributed by atoms with Gasteiger partial charge in [0.25, 0.3) is 0 Å². The third kappa shape index (κ3) is 2.41. The van der Waals surface area contributed by atoms with Crippen LogP contribution < -0.4 is 0 Å². The molecule has 0 amide bonds. The summed E-state index contributed by atoms with van der Waals surface area (Å²) in [7, 11) is 0. The van der Waals surface area contributed by atoms with Crippen molar-refractivity contribution >= 4 is 42.8 Å². The number of hydrogen-bond acceptors (Lipinski definition) is 3. The number of aromatic nitrogens is 1. The summed E-state index contributed by atoms with van der Waals surface area (Å²) in [6.45, 7) is 1.98. The maximum atomic E-state index is 10.5. The molecule has 0 saturated carbocycles. The van der Waals surface area contributed by atoms with E-state index in [1.54, 1.807) is 6.20 Å². The van der Waals surface area contributed by atoms with Gasteiger partial charge in [-0.05, 0) is 56.5 Å². The van der Waals surface area contributed by atoms with E-state index in [1.165, 1.54) is 0 Å². The highest BCUT2D eigenvalue weighted by Gasteiger charge is 2.20. The molecule has 0 aliphatic heterocycles. The lowest BCUT2D eigenvalue weighted by Gasteiger charge is -2.09. The van der Waals surface area contributed by atoms with Crippen LogP contribution in [0.15, 0.2) is 49.9 Å². The minimum atomic E-state index is -0.899. The minimum Gasteiger partial charge on any atom is -0.458 e. The Morgan fingerprint density at radius 3 is 2.75 bits per heavy atom. The molecule has 1 aromatic carbocycles. The Morgan fingerprint density at radius 1 is 1.25 bits per heavy atom. The number of nitrogens with zero attached hydrogens (tertiary/aromatic N) is 1. The summed E-state index contributed by atoms with van der Waals surface area (Å²) < 4.78 is 7.36. The first-order chi connectivity index (χ1) is 9.56. The second-order valence-corrected chi connectivity index (χ2v) is 6.34. The van der Waals surface area contributed by atoms with Crippen LogP contribution in [-0.4, -0.2) is 10.1 Å². The Labute approximate surface area is 132 Å². The summed E-state index contributed by atoms with van der Waals surface area (Å²) >= 11 is 6.75. The van der Waals surface area contributed by atoms with Gasteiger partial charge < -0.3 is 9.52 Å². The molecule has 5 heteroatoms. The van der Waals surface area contributed by atoms with E-state index in [4.69, 9.17) is 4.42 Å². The summed E-state index contributed by atoms with van der Waals surface area (Å²) in [5.41, 5.74) is 2.38. The number of para-hydroxylation sites is 1. The van der Waals surface area contributed by atoms with Crippen molar-refractivity contribution in [1.82, 2.24) is 4.98 Å². The first-order valence-corrected chi connectivity index (χ1v) is 7.63. The lowest BCUT2D eigenvalue weighted by Crippen LogP contribution is -2.02. The highest BCUT2D eigenvalue weighted by Crippen LogP contribution is 2.32. The van der Waals surface area contributed by atoms with Crippen LogP contribution in [0.2, 0.25) is 0 Å². The molecule has 0 radical (unpaired) electrons. The molecule has 0 saturated heterocycles. The van der Waals surface area contributed by atoms with Crippen molar-refractivity contribution in [2.24, 2.45) is 0 Å². The number of aliphatic hydroxyl groups excluding tert-OH is 1. The van der Waals surface area contributed by atoms with Crippen LogP contribution >= 0.6 is 31.9 Å². The average Bonchev–Trinajstić information content (AvgIpc) is 2.83. The molecule has 0 aliphatic carbocycles. The Balaban J connectivity index is 2.08. The predicted octanol–water partition coefficient (Wildman–Crippen LogP) is 4.74. The van der Waals surface area contributed by atoms with Gasteiger partial charge >= 0.3 is 0 Å². The van der Waals surface area contributed by atoms with Crippen molar-refractivity contribution in [2.45, 2.75) is 13.0 Å². The van der Waals surface area contributed by atoms with Crippen LogP contribution in [0.1, 0.15) is 23.1 Å². The first kappa shape index (κ1) is 13.8. The van der Waals surface area contributed by atoms with Gasteiger partial charge in [0.1, 0.15) is 11.3 Å². The number of pyridine rings is 1. The fourth-order valence-electron chi connectivity index (χ4n) is 2.12. The summed E-state index contributed by atoms with van der Waals surface area (Å²) in [6.07, 6.45) is 0.751. The molecule has 0 aliphatic rings. The van der Waals surface area contributed by atoms with Gasteiger partial charge in [-0.2, -0.15) is 0 Å². The number of aliphatic hydroxyl groups is 1. The van der Waals surface area contributed by atoms with Crippen molar-refractivity contribution in [3.05, 3.63) is 62.5 Å². The number of fused-ring (bicyclic) bond motifs is 1. The summed E-state index contributed by atoms with van der Waals surface area (Å²) in [5, 5.41) is 11.4. The average molecular weight is 397 g/mol. The predicted molar refractivity (Wildman–Crippen MR) is 84.6 cm³/mol. The van der Waals surface area contributed by atoms with Gasteiger partial charge in [0.15, 0.2) is 6.10 Å². The van der Waals surface area contributed by atoms with Gasteiger partial charge in [-0.1, -0.05) is 18.2 Å². The van der Waals surface area contributed by atoms with E-state index in [0.717, 1.165) is 25.5 Å². The van der Waals surface area contributed by atoms with Crippen LogP contribution in [0.4, 0.5) is 0 Å². The molecule has 3 aromatic rings. The third-order valence-electron chi connectivity index (χ3n) is 3.12. The fraction of sp³-hybridized carbons (Fsp3) is 0.133. The van der Waals surface area contributed by atoms with Gasteiger partial charge in [0, 0.05) is 20.5 Å². The molecule has 0 fully saturated rings. The molecule has 0 bridgehead atoms. The Kier molecular flexibility index (Phi) is 3.67. The molecular weight excluding hydrogens is 386 g/mol. The highest BCUT2D eigenvalue weighted by molar-refractivity contribution is 9.11. The molecule has 1 unspecified atom stereocenters. The molecular formula is C15H11Br2NO2. The van der Waals surface area contributed by atoms with E-state index >= 15 is 0 Å². The number of benzene rings is 1. The molecule has 3 nitrogen and oxygen atoms in total. The Morgan fingerprint density at radius 2 is 2.05 bits per heavy atom. The van der Waals surface area contributed by atoms with E-state index in [9.17, 15) is 5.11 Å². The zero-order chi connectivity index (χ0) is 14.3. The van der Waals surface area contributed by atoms with Crippen molar-refractivity contribution in [2.75, 3.05) is 0 Å². The molecule has 1 N–H and O–H groups in total. The molecule has 3 rings (SSSR count). The number of rotatable bonds is 2. The van der Waals surface area contributed by atoms with Crippen LogP contribution in [0.25, 0.3) is 11.0 Å². The largest absolute Gasteiger partial charge is 0.458 e. The molecule has 1 atom stereocenters. The van der Waals surface area contributed by atoms with Gasteiger partial charge in [0.2, 0.25) is 0 Å². The molecule has 0 spiro atoms. The van der Waals surface area contributed by atoms with Crippen LogP contribution in [0.5, 0.6) is 0 Å². The number of halogens is 2. The third-order valence-corrected chi connectivity index (χ3v) is 4.19. The summed E-state index contributed by atoms with van der Waals surface area (Å²) in [6, 6.07) is 9.61. The summed E-state index contributed by atoms with van der Waals surface area (Å²) in [5.74, 6) is 0.491. The van der Waals surface area contributed by atoms with Crippen LogP contribution in [0.3, 0.4) is 0 Å². The topological polar surface area (TPSA) is 46.3 Å². The van der Waals surface area contributed by atoms with Crippen LogP contribution in [-0.2, 0) is 0 Å². The maximum absolute atomic E-state index is 10.5. The number of hydrogen-bond donors (Lipinski definition) is 1. The van der Waals surface area contributed by atoms with Gasteiger partial charge in [-0.25, -0.2) is 0 Å². The van der Waals surface area contributed by atoms with Crippen molar-refractivity contribution in [1.29, 1.82) is 0 Å². The summed E-state index contributed by atoms with van der Waals surface area (Å²) in [4.78, 5) is 4.24. The first-order valence-electron chi connectivity index (χ1n) is 6.04. The quantitative estimate of drug-likeness (QED) is 0.680. The normalized spacial score (nSPS) is 12.8. The molecule has 102 valence electrons. The lowest BCUT2D eigenvalue weighted by molar-refractivity contribution is 0.187. The van der Waals surface area contributed by atoms with Crippen molar-refractivity contribution in [3.63, 3.8) is 0 Å². The maximum Gasteiger partial charge on any atom is 0.155 e. The van der Waals surface area contributed by atoms with E-state index in [0.29, 0.717) is 11.5 Å². The second kappa shape index (κ2) is 5.31. The fourth-order valence-corrected chi connectivity index (χ4v) is 3.33. The number of aryl methyl sites for hydroxylation is 1. The van der Waals surface area contributed by atoms with E-state index < -0.39 is 6.10 Å². The second-order valence-electron chi connectivity index (χ2n) is 4.57. The molecule has 20 heavy (non-hydrogen) atoms. The molecule has 2 aromatic heterocycles. The van der Waals surface area contributed by atoms with E-state index in [-0.39, 0.29) is 0 Å². The van der Waals surface area contributed by atoms with Gasteiger partial charge in [-0.3, -0.25) is 4.98 Å². The van der Waals surface area contributed by atoms with Gasteiger partial charge in [-0.15, -0.1) is 0 Å². The van der Waals surface area contributed by atoms with E-state index in [2.05, 4.69) is 36.8 Å².